The quantitative estimate of drug-likeness (QED) is 0.927. The number of carbonyl (C=O) groups is 1. The number of nitrogens with one attached hydrogen (secondary N) is 1. The Kier molecular flexibility index (Phi) is 5.03. The molecule has 0 unspecified atom stereocenters. The number of aromatic nitrogens is 4. The molecular formula is C14H17Cl2N5O. The summed E-state index contributed by atoms with van der Waals surface area (Å²) in [6.07, 6.45) is 0.0959. The Bertz CT molecular complexity index is 678. The highest BCUT2D eigenvalue weighted by atomic mass is 35.5. The zero-order valence-electron chi connectivity index (χ0n) is 12.6. The lowest BCUT2D eigenvalue weighted by Crippen LogP contribution is -2.41. The van der Waals surface area contributed by atoms with Gasteiger partial charge in [0.05, 0.1) is 23.0 Å². The number of halogens is 2. The Hall–Kier alpha value is -1.66. The molecule has 2 rings (SSSR count). The minimum Gasteiger partial charge on any atom is -0.351 e. The summed E-state index contributed by atoms with van der Waals surface area (Å²) in [6, 6.07) is 5.30. The standard InChI is InChI=1S/C14H17Cl2N5O/c1-14(2,3)17-13(22)7-12-18-20-21(19-12)8-9-4-5-10(15)11(16)6-9/h4-6H,7-8H2,1-3H3,(H,17,22). The van der Waals surface area contributed by atoms with Crippen LogP contribution in [0.3, 0.4) is 0 Å². The van der Waals surface area contributed by atoms with Crippen LogP contribution in [0.4, 0.5) is 0 Å². The molecule has 1 aromatic heterocycles. The third-order valence-electron chi connectivity index (χ3n) is 2.64. The minimum atomic E-state index is -0.285. The van der Waals surface area contributed by atoms with E-state index in [9.17, 15) is 4.79 Å². The van der Waals surface area contributed by atoms with Crippen molar-refractivity contribution >= 4 is 29.1 Å². The molecule has 1 heterocycles. The third-order valence-corrected chi connectivity index (χ3v) is 3.37. The summed E-state index contributed by atoms with van der Waals surface area (Å²) >= 11 is 11.8. The van der Waals surface area contributed by atoms with Gasteiger partial charge in [-0.3, -0.25) is 4.79 Å². The van der Waals surface area contributed by atoms with Gasteiger partial charge in [0.25, 0.3) is 0 Å². The molecule has 0 aliphatic heterocycles. The maximum Gasteiger partial charge on any atom is 0.228 e. The van der Waals surface area contributed by atoms with Crippen molar-refractivity contribution in [2.75, 3.05) is 0 Å². The number of hydrogen-bond donors (Lipinski definition) is 1. The molecule has 0 aliphatic rings. The molecule has 0 fully saturated rings. The van der Waals surface area contributed by atoms with Crippen LogP contribution in [0.2, 0.25) is 10.0 Å². The van der Waals surface area contributed by atoms with Crippen LogP contribution in [-0.4, -0.2) is 31.7 Å². The molecule has 1 aromatic carbocycles. The zero-order chi connectivity index (χ0) is 16.3. The highest BCUT2D eigenvalue weighted by Gasteiger charge is 2.16. The molecule has 0 spiro atoms. The molecule has 1 N–H and O–H groups in total. The fourth-order valence-corrected chi connectivity index (χ4v) is 2.14. The van der Waals surface area contributed by atoms with Crippen LogP contribution in [-0.2, 0) is 17.8 Å². The van der Waals surface area contributed by atoms with Crippen LogP contribution in [0.25, 0.3) is 0 Å². The summed E-state index contributed by atoms with van der Waals surface area (Å²) in [5, 5.41) is 15.8. The molecule has 118 valence electrons. The van der Waals surface area contributed by atoms with Crippen LogP contribution < -0.4 is 5.32 Å². The molecule has 22 heavy (non-hydrogen) atoms. The van der Waals surface area contributed by atoms with Gasteiger partial charge >= 0.3 is 0 Å². The van der Waals surface area contributed by atoms with Gasteiger partial charge < -0.3 is 5.32 Å². The summed E-state index contributed by atoms with van der Waals surface area (Å²) in [6.45, 7) is 6.16. The fraction of sp³-hybridized carbons (Fsp3) is 0.429. The van der Waals surface area contributed by atoms with Crippen molar-refractivity contribution in [1.29, 1.82) is 0 Å². The van der Waals surface area contributed by atoms with Crippen LogP contribution >= 0.6 is 23.2 Å². The van der Waals surface area contributed by atoms with Gasteiger partial charge in [0.1, 0.15) is 0 Å². The first-order valence-corrected chi connectivity index (χ1v) is 7.50. The molecule has 0 bridgehead atoms. The van der Waals surface area contributed by atoms with E-state index in [0.29, 0.717) is 22.4 Å². The van der Waals surface area contributed by atoms with Gasteiger partial charge in [-0.25, -0.2) is 0 Å². The SMILES string of the molecule is CC(C)(C)NC(=O)Cc1nnn(Cc2ccc(Cl)c(Cl)c2)n1. The first-order valence-electron chi connectivity index (χ1n) is 6.74. The zero-order valence-corrected chi connectivity index (χ0v) is 14.1. The van der Waals surface area contributed by atoms with Crippen LogP contribution in [0, 0.1) is 0 Å². The number of benzene rings is 1. The van der Waals surface area contributed by atoms with Crippen molar-refractivity contribution < 1.29 is 4.79 Å². The van der Waals surface area contributed by atoms with Crippen LogP contribution in [0.5, 0.6) is 0 Å². The molecular weight excluding hydrogens is 325 g/mol. The van der Waals surface area contributed by atoms with Gasteiger partial charge in [-0.15, -0.1) is 10.2 Å². The number of carbonyl (C=O) groups excluding carboxylic acids is 1. The van der Waals surface area contributed by atoms with E-state index >= 15 is 0 Å². The highest BCUT2D eigenvalue weighted by molar-refractivity contribution is 6.42. The van der Waals surface area contributed by atoms with Crippen molar-refractivity contribution in [2.45, 2.75) is 39.3 Å². The summed E-state index contributed by atoms with van der Waals surface area (Å²) in [5.74, 6) is 0.239. The van der Waals surface area contributed by atoms with E-state index in [1.807, 2.05) is 26.8 Å². The molecule has 8 heteroatoms. The number of rotatable bonds is 4. The molecule has 2 aromatic rings. The predicted molar refractivity (Wildman–Crippen MR) is 85.0 cm³/mol. The third kappa shape index (κ3) is 4.96. The summed E-state index contributed by atoms with van der Waals surface area (Å²) < 4.78 is 0. The lowest BCUT2D eigenvalue weighted by molar-refractivity contribution is -0.121. The largest absolute Gasteiger partial charge is 0.351 e. The monoisotopic (exact) mass is 341 g/mol. The topological polar surface area (TPSA) is 72.7 Å². The van der Waals surface area contributed by atoms with Gasteiger partial charge in [0, 0.05) is 5.54 Å². The second-order valence-corrected chi connectivity index (χ2v) is 6.77. The van der Waals surface area contributed by atoms with E-state index in [1.54, 1.807) is 12.1 Å². The van der Waals surface area contributed by atoms with Gasteiger partial charge in [0.15, 0.2) is 5.82 Å². The van der Waals surface area contributed by atoms with E-state index in [4.69, 9.17) is 23.2 Å². The van der Waals surface area contributed by atoms with Crippen molar-refractivity contribution in [3.8, 4) is 0 Å². The summed E-state index contributed by atoms with van der Waals surface area (Å²) in [5.41, 5.74) is 0.616. The Labute approximate surface area is 138 Å². The van der Waals surface area contributed by atoms with E-state index < -0.39 is 0 Å². The number of nitrogens with zero attached hydrogens (tertiary/aromatic N) is 4. The van der Waals surface area contributed by atoms with Crippen molar-refractivity contribution in [3.63, 3.8) is 0 Å². The molecule has 0 saturated carbocycles. The molecule has 0 atom stereocenters. The van der Waals surface area contributed by atoms with Crippen LogP contribution in [0.15, 0.2) is 18.2 Å². The fourth-order valence-electron chi connectivity index (χ4n) is 1.82. The smallest absolute Gasteiger partial charge is 0.228 e. The van der Waals surface area contributed by atoms with Gasteiger partial charge in [-0.1, -0.05) is 29.3 Å². The van der Waals surface area contributed by atoms with E-state index in [-0.39, 0.29) is 17.9 Å². The first-order chi connectivity index (χ1) is 10.2. The average Bonchev–Trinajstić information content (AvgIpc) is 2.78. The lowest BCUT2D eigenvalue weighted by Gasteiger charge is -2.19. The Morgan fingerprint density at radius 3 is 2.64 bits per heavy atom. The highest BCUT2D eigenvalue weighted by Crippen LogP contribution is 2.22. The Morgan fingerprint density at radius 2 is 2.00 bits per heavy atom. The van der Waals surface area contributed by atoms with E-state index in [2.05, 4.69) is 20.7 Å². The maximum atomic E-state index is 11.8. The van der Waals surface area contributed by atoms with Crippen molar-refractivity contribution in [3.05, 3.63) is 39.6 Å². The number of amides is 1. The summed E-state index contributed by atoms with van der Waals surface area (Å²) in [7, 11) is 0. The first kappa shape index (κ1) is 16.7. The number of tetrazole rings is 1. The Balaban J connectivity index is 1.99. The van der Waals surface area contributed by atoms with Gasteiger partial charge in [-0.2, -0.15) is 4.80 Å². The molecule has 6 nitrogen and oxygen atoms in total. The molecule has 0 saturated heterocycles. The molecule has 0 aliphatic carbocycles. The van der Waals surface area contributed by atoms with Crippen molar-refractivity contribution in [2.24, 2.45) is 0 Å². The normalized spacial score (nSPS) is 11.5. The van der Waals surface area contributed by atoms with Crippen LogP contribution in [0.1, 0.15) is 32.2 Å². The molecule has 1 amide bonds. The molecule has 0 radical (unpaired) electrons. The maximum absolute atomic E-state index is 11.8. The second-order valence-electron chi connectivity index (χ2n) is 5.96. The van der Waals surface area contributed by atoms with E-state index in [0.717, 1.165) is 5.56 Å². The van der Waals surface area contributed by atoms with Crippen molar-refractivity contribution in [1.82, 2.24) is 25.5 Å². The minimum absolute atomic E-state index is 0.0959. The van der Waals surface area contributed by atoms with E-state index in [1.165, 1.54) is 4.80 Å². The second kappa shape index (κ2) is 6.62. The summed E-state index contributed by atoms with van der Waals surface area (Å²) in [4.78, 5) is 13.2. The lowest BCUT2D eigenvalue weighted by atomic mass is 10.1. The average molecular weight is 342 g/mol. The van der Waals surface area contributed by atoms with Gasteiger partial charge in [0.2, 0.25) is 5.91 Å². The van der Waals surface area contributed by atoms with Gasteiger partial charge in [-0.05, 0) is 43.7 Å². The number of hydrogen-bond acceptors (Lipinski definition) is 4. The Morgan fingerprint density at radius 1 is 1.27 bits per heavy atom. The predicted octanol–water partition coefficient (Wildman–Crippen LogP) is 2.49.